The molecule has 2 aromatic carbocycles. The largest absolute Gasteiger partial charge is 0.492 e. The van der Waals surface area contributed by atoms with E-state index < -0.39 is 33.2 Å². The normalized spacial score (nSPS) is 19.3. The van der Waals surface area contributed by atoms with Gasteiger partial charge in [-0.25, -0.2) is 12.8 Å². The summed E-state index contributed by atoms with van der Waals surface area (Å²) in [5.41, 5.74) is 1.20. The van der Waals surface area contributed by atoms with E-state index in [4.69, 9.17) is 9.47 Å². The Bertz CT molecular complexity index is 1210. The second-order valence-corrected chi connectivity index (χ2v) is 11.7. The van der Waals surface area contributed by atoms with E-state index >= 15 is 0 Å². The maximum absolute atomic E-state index is 13.3. The van der Waals surface area contributed by atoms with Gasteiger partial charge in [0, 0.05) is 19.7 Å². The third kappa shape index (κ3) is 5.28. The van der Waals surface area contributed by atoms with Gasteiger partial charge in [0.05, 0.1) is 34.1 Å². The van der Waals surface area contributed by atoms with Crippen molar-refractivity contribution in [3.05, 3.63) is 53.6 Å². The summed E-state index contributed by atoms with van der Waals surface area (Å²) < 4.78 is 51.1. The second kappa shape index (κ2) is 10.7. The molecule has 2 aromatic rings. The number of carbonyl (C=O) groups is 2. The first kappa shape index (κ1) is 25.7. The fourth-order valence-electron chi connectivity index (χ4n) is 4.32. The van der Waals surface area contributed by atoms with Crippen molar-refractivity contribution in [1.82, 2.24) is 4.31 Å². The smallest absolute Gasteiger partial charge is 0.299 e. The number of ether oxygens (including phenoxy) is 2. The van der Waals surface area contributed by atoms with Crippen LogP contribution in [0.1, 0.15) is 28.8 Å². The Morgan fingerprint density at radius 1 is 1.17 bits per heavy atom. The van der Waals surface area contributed by atoms with Gasteiger partial charge >= 0.3 is 0 Å². The lowest BCUT2D eigenvalue weighted by Crippen LogP contribution is -2.38. The number of sulfonamides is 1. The summed E-state index contributed by atoms with van der Waals surface area (Å²) in [4.78, 5) is 26.4. The Balaban J connectivity index is 1.53. The van der Waals surface area contributed by atoms with Crippen molar-refractivity contribution in [1.29, 1.82) is 0 Å². The molecule has 4 rings (SSSR count). The molecule has 0 spiro atoms. The number of fused-ring (bicyclic) bond motifs is 1. The lowest BCUT2D eigenvalue weighted by atomic mass is 10.1. The number of Topliss-reactive ketones (excluding diaryl/α,β-unsaturated/α-hetero) is 1. The quantitative estimate of drug-likeness (QED) is 0.322. The zero-order valence-electron chi connectivity index (χ0n) is 19.2. The van der Waals surface area contributed by atoms with Crippen LogP contribution in [-0.2, 0) is 26.1 Å². The molecule has 2 aliphatic heterocycles. The predicted octanol–water partition coefficient (Wildman–Crippen LogP) is 3.33. The number of nitrogens with zero attached hydrogens (tertiary/aromatic N) is 2. The van der Waals surface area contributed by atoms with Crippen molar-refractivity contribution in [2.75, 3.05) is 38.4 Å². The molecule has 1 saturated heterocycles. The van der Waals surface area contributed by atoms with Gasteiger partial charge in [-0.1, -0.05) is 28.1 Å². The summed E-state index contributed by atoms with van der Waals surface area (Å²) in [7, 11) is -2.31. The SMILES string of the molecule is COC[C@@H]1CCCN1S(=O)(=O)c1ccc2c(c1)C(=O)C(=O)N2Cc1ccc(OCC(Br)CF)cc1. The summed E-state index contributed by atoms with van der Waals surface area (Å²) in [5.74, 6) is -0.890. The van der Waals surface area contributed by atoms with Gasteiger partial charge in [0.1, 0.15) is 19.0 Å². The summed E-state index contributed by atoms with van der Waals surface area (Å²) in [6, 6.07) is 10.9. The van der Waals surface area contributed by atoms with Crippen molar-refractivity contribution in [3.8, 4) is 5.75 Å². The molecule has 1 fully saturated rings. The van der Waals surface area contributed by atoms with Crippen LogP contribution < -0.4 is 9.64 Å². The predicted molar refractivity (Wildman–Crippen MR) is 131 cm³/mol. The Labute approximate surface area is 212 Å². The van der Waals surface area contributed by atoms with Crippen LogP contribution in [0.5, 0.6) is 5.75 Å². The third-order valence-electron chi connectivity index (χ3n) is 6.09. The molecule has 0 radical (unpaired) electrons. The molecule has 0 aromatic heterocycles. The maximum Gasteiger partial charge on any atom is 0.299 e. The number of halogens is 2. The second-order valence-electron chi connectivity index (χ2n) is 8.47. The minimum atomic E-state index is -3.84. The molecular formula is C24H26BrFN2O6S. The first-order valence-corrected chi connectivity index (χ1v) is 13.5. The van der Waals surface area contributed by atoms with Crippen LogP contribution >= 0.6 is 15.9 Å². The first-order valence-electron chi connectivity index (χ1n) is 11.2. The highest BCUT2D eigenvalue weighted by molar-refractivity contribution is 9.09. The number of hydrogen-bond acceptors (Lipinski definition) is 6. The first-order chi connectivity index (χ1) is 16.8. The molecule has 0 N–H and O–H groups in total. The van der Waals surface area contributed by atoms with Gasteiger partial charge < -0.3 is 14.4 Å². The van der Waals surface area contributed by atoms with Gasteiger partial charge in [-0.3, -0.25) is 9.59 Å². The highest BCUT2D eigenvalue weighted by atomic mass is 79.9. The van der Waals surface area contributed by atoms with Crippen LogP contribution in [0.3, 0.4) is 0 Å². The molecule has 1 amide bonds. The molecule has 2 aliphatic rings. The molecule has 0 bridgehead atoms. The molecule has 188 valence electrons. The standard InChI is InChI=1S/C24H26BrFN2O6S/c1-33-15-18-3-2-10-28(18)35(31,32)20-8-9-22-21(11-20)23(29)24(30)27(22)13-16-4-6-19(7-5-16)34-14-17(25)12-26/h4-9,11,17-18H,2-3,10,12-15H2,1H3/t17?,18-/m0/s1. The number of hydrogen-bond donors (Lipinski definition) is 0. The molecule has 35 heavy (non-hydrogen) atoms. The summed E-state index contributed by atoms with van der Waals surface area (Å²) in [6.07, 6.45) is 1.44. The van der Waals surface area contributed by atoms with E-state index in [0.29, 0.717) is 31.0 Å². The number of amides is 1. The number of rotatable bonds is 10. The number of methoxy groups -OCH3 is 1. The lowest BCUT2D eigenvalue weighted by molar-refractivity contribution is -0.114. The van der Waals surface area contributed by atoms with E-state index in [2.05, 4.69) is 15.9 Å². The molecule has 8 nitrogen and oxygen atoms in total. The van der Waals surface area contributed by atoms with Crippen molar-refractivity contribution in [2.24, 2.45) is 0 Å². The van der Waals surface area contributed by atoms with Crippen molar-refractivity contribution in [2.45, 2.75) is 35.2 Å². The number of anilines is 1. The highest BCUT2D eigenvalue weighted by Crippen LogP contribution is 2.34. The van der Waals surface area contributed by atoms with Gasteiger partial charge in [0.15, 0.2) is 0 Å². The van der Waals surface area contributed by atoms with Crippen LogP contribution in [0, 0.1) is 0 Å². The van der Waals surface area contributed by atoms with E-state index in [0.717, 1.165) is 12.0 Å². The number of alkyl halides is 2. The van der Waals surface area contributed by atoms with Crippen molar-refractivity contribution < 1.29 is 31.9 Å². The topological polar surface area (TPSA) is 93.2 Å². The van der Waals surface area contributed by atoms with Gasteiger partial charge in [-0.15, -0.1) is 0 Å². The molecule has 11 heteroatoms. The summed E-state index contributed by atoms with van der Waals surface area (Å²) >= 11 is 3.16. The average molecular weight is 569 g/mol. The van der Waals surface area contributed by atoms with E-state index in [1.54, 1.807) is 24.3 Å². The van der Waals surface area contributed by atoms with Crippen LogP contribution in [0.15, 0.2) is 47.4 Å². The highest BCUT2D eigenvalue weighted by Gasteiger charge is 2.39. The van der Waals surface area contributed by atoms with Gasteiger partial charge in [0.25, 0.3) is 11.7 Å². The van der Waals surface area contributed by atoms with Crippen LogP contribution in [0.25, 0.3) is 0 Å². The van der Waals surface area contributed by atoms with Gasteiger partial charge in [-0.05, 0) is 48.7 Å². The number of benzene rings is 2. The zero-order chi connectivity index (χ0) is 25.2. The zero-order valence-corrected chi connectivity index (χ0v) is 21.6. The van der Waals surface area contributed by atoms with E-state index in [9.17, 15) is 22.4 Å². The van der Waals surface area contributed by atoms with Crippen LogP contribution in [0.4, 0.5) is 10.1 Å². The Morgan fingerprint density at radius 3 is 2.60 bits per heavy atom. The van der Waals surface area contributed by atoms with E-state index in [1.807, 2.05) is 0 Å². The Kier molecular flexibility index (Phi) is 7.89. The Morgan fingerprint density at radius 2 is 1.91 bits per heavy atom. The van der Waals surface area contributed by atoms with Crippen LogP contribution in [-0.4, -0.2) is 68.8 Å². The minimum Gasteiger partial charge on any atom is -0.492 e. The van der Waals surface area contributed by atoms with Gasteiger partial charge in [-0.2, -0.15) is 4.31 Å². The lowest BCUT2D eigenvalue weighted by Gasteiger charge is -2.24. The molecule has 2 heterocycles. The molecule has 1 unspecified atom stereocenters. The molecule has 0 aliphatic carbocycles. The summed E-state index contributed by atoms with van der Waals surface area (Å²) in [6.45, 7) is 0.452. The Hall–Kier alpha value is -2.34. The fraction of sp³-hybridized carbons (Fsp3) is 0.417. The van der Waals surface area contributed by atoms with E-state index in [1.165, 1.54) is 34.5 Å². The minimum absolute atomic E-state index is 0.0119. The van der Waals surface area contributed by atoms with Crippen LogP contribution in [0.2, 0.25) is 0 Å². The number of carbonyl (C=O) groups excluding carboxylic acids is 2. The maximum atomic E-state index is 13.3. The number of ketones is 1. The molecule has 2 atom stereocenters. The summed E-state index contributed by atoms with van der Waals surface area (Å²) in [5, 5.41) is 0. The monoisotopic (exact) mass is 568 g/mol. The molecule has 0 saturated carbocycles. The average Bonchev–Trinajstić information content (AvgIpc) is 3.42. The van der Waals surface area contributed by atoms with Crippen molar-refractivity contribution >= 4 is 43.3 Å². The third-order valence-corrected chi connectivity index (χ3v) is 8.55. The van der Waals surface area contributed by atoms with E-state index in [-0.39, 0.29) is 29.7 Å². The molecular weight excluding hydrogens is 543 g/mol. The fourth-order valence-corrected chi connectivity index (χ4v) is 6.16. The van der Waals surface area contributed by atoms with Crippen molar-refractivity contribution in [3.63, 3.8) is 0 Å². The van der Waals surface area contributed by atoms with Gasteiger partial charge in [0.2, 0.25) is 10.0 Å².